The van der Waals surface area contributed by atoms with Gasteiger partial charge in [-0.25, -0.2) is 0 Å². The van der Waals surface area contributed by atoms with E-state index in [0.717, 1.165) is 12.1 Å². The first kappa shape index (κ1) is 17.0. The van der Waals surface area contributed by atoms with Crippen LogP contribution in [0.5, 0.6) is 0 Å². The van der Waals surface area contributed by atoms with Crippen LogP contribution in [0.1, 0.15) is 31.1 Å². The van der Waals surface area contributed by atoms with Gasteiger partial charge in [0.15, 0.2) is 5.11 Å². The average Bonchev–Trinajstić information content (AvgIpc) is 3.05. The van der Waals surface area contributed by atoms with Gasteiger partial charge in [0.2, 0.25) is 5.91 Å². The lowest BCUT2D eigenvalue weighted by atomic mass is 10.1. The van der Waals surface area contributed by atoms with E-state index in [-0.39, 0.29) is 11.0 Å². The predicted molar refractivity (Wildman–Crippen MR) is 97.2 cm³/mol. The first-order valence-electron chi connectivity index (χ1n) is 7.60. The summed E-state index contributed by atoms with van der Waals surface area (Å²) in [7, 11) is 0. The number of carbonyl (C=O) groups is 1. The summed E-state index contributed by atoms with van der Waals surface area (Å²) >= 11 is 5.13. The third-order valence-electron chi connectivity index (χ3n) is 3.21. The summed E-state index contributed by atoms with van der Waals surface area (Å²) < 4.78 is 5.11. The zero-order valence-electron chi connectivity index (χ0n) is 13.0. The van der Waals surface area contributed by atoms with E-state index in [1.165, 1.54) is 24.5 Å². The van der Waals surface area contributed by atoms with Crippen molar-refractivity contribution < 1.29 is 9.21 Å². The zero-order chi connectivity index (χ0) is 16.5. The van der Waals surface area contributed by atoms with Gasteiger partial charge >= 0.3 is 0 Å². The summed E-state index contributed by atoms with van der Waals surface area (Å²) in [4.78, 5) is 11.7. The molecular weight excluding hydrogens is 308 g/mol. The van der Waals surface area contributed by atoms with Crippen molar-refractivity contribution in [2.75, 3.05) is 5.32 Å². The lowest BCUT2D eigenvalue weighted by Crippen LogP contribution is -2.32. The maximum atomic E-state index is 11.7. The average molecular weight is 328 g/mol. The van der Waals surface area contributed by atoms with Gasteiger partial charge in [-0.05, 0) is 61.0 Å². The lowest BCUT2D eigenvalue weighted by molar-refractivity contribution is -0.115. The van der Waals surface area contributed by atoms with Crippen LogP contribution < -0.4 is 10.6 Å². The minimum absolute atomic E-state index is 0.264. The zero-order valence-corrected chi connectivity index (χ0v) is 13.9. The molecule has 0 aliphatic heterocycles. The highest BCUT2D eigenvalue weighted by molar-refractivity contribution is 7.80. The molecule has 1 heterocycles. The minimum atomic E-state index is -0.307. The molecule has 0 radical (unpaired) electrons. The van der Waals surface area contributed by atoms with Gasteiger partial charge in [0.1, 0.15) is 5.76 Å². The van der Waals surface area contributed by atoms with Crippen molar-refractivity contribution in [2.45, 2.75) is 26.2 Å². The summed E-state index contributed by atoms with van der Waals surface area (Å²) in [5.41, 5.74) is 2.15. The molecule has 0 saturated carbocycles. The molecule has 1 amide bonds. The van der Waals surface area contributed by atoms with Crippen molar-refractivity contribution in [1.82, 2.24) is 5.32 Å². The number of nitrogens with one attached hydrogen (secondary N) is 2. The number of hydrogen-bond acceptors (Lipinski definition) is 3. The second-order valence-electron chi connectivity index (χ2n) is 5.09. The fraction of sp³-hybridized carbons (Fsp3) is 0.222. The van der Waals surface area contributed by atoms with E-state index in [4.69, 9.17) is 16.6 Å². The summed E-state index contributed by atoms with van der Waals surface area (Å²) in [5.74, 6) is 0.306. The van der Waals surface area contributed by atoms with Crippen LogP contribution in [-0.4, -0.2) is 11.0 Å². The molecule has 2 N–H and O–H groups in total. The number of hydrogen-bond donors (Lipinski definition) is 2. The first-order valence-corrected chi connectivity index (χ1v) is 8.00. The Balaban J connectivity index is 1.80. The van der Waals surface area contributed by atoms with Gasteiger partial charge < -0.3 is 9.73 Å². The fourth-order valence-corrected chi connectivity index (χ4v) is 2.21. The Morgan fingerprint density at radius 1 is 1.26 bits per heavy atom. The molecule has 2 aromatic rings. The fourth-order valence-electron chi connectivity index (χ4n) is 2.00. The van der Waals surface area contributed by atoms with Crippen molar-refractivity contribution in [3.63, 3.8) is 0 Å². The molecule has 0 spiro atoms. The monoisotopic (exact) mass is 328 g/mol. The van der Waals surface area contributed by atoms with Gasteiger partial charge in [0, 0.05) is 11.8 Å². The topological polar surface area (TPSA) is 54.3 Å². The molecule has 0 aliphatic carbocycles. The molecule has 0 bridgehead atoms. The molecule has 0 fully saturated rings. The second-order valence-corrected chi connectivity index (χ2v) is 5.50. The summed E-state index contributed by atoms with van der Waals surface area (Å²) in [6.45, 7) is 2.18. The molecule has 1 aromatic carbocycles. The number of carbonyl (C=O) groups excluding carboxylic acids is 1. The molecule has 1 aromatic heterocycles. The molecule has 0 saturated heterocycles. The van der Waals surface area contributed by atoms with Crippen molar-refractivity contribution >= 4 is 35.0 Å². The largest absolute Gasteiger partial charge is 0.465 e. The Morgan fingerprint density at radius 3 is 2.70 bits per heavy atom. The smallest absolute Gasteiger partial charge is 0.250 e. The normalized spacial score (nSPS) is 10.7. The lowest BCUT2D eigenvalue weighted by Gasteiger charge is -2.09. The number of anilines is 1. The van der Waals surface area contributed by atoms with Crippen LogP contribution in [-0.2, 0) is 11.2 Å². The van der Waals surface area contributed by atoms with Crippen molar-refractivity contribution in [2.24, 2.45) is 0 Å². The van der Waals surface area contributed by atoms with Crippen LogP contribution in [0.4, 0.5) is 5.69 Å². The van der Waals surface area contributed by atoms with E-state index in [2.05, 4.69) is 29.7 Å². The molecule has 0 unspecified atom stereocenters. The minimum Gasteiger partial charge on any atom is -0.465 e. The molecule has 120 valence electrons. The molecular formula is C18H20N2O2S. The second kappa shape index (κ2) is 8.90. The number of unbranched alkanes of at least 4 members (excludes halogenated alkanes) is 1. The Labute approximate surface area is 141 Å². The van der Waals surface area contributed by atoms with Crippen molar-refractivity contribution in [1.29, 1.82) is 0 Å². The van der Waals surface area contributed by atoms with E-state index in [9.17, 15) is 4.79 Å². The number of thiocarbonyl (C=S) groups is 1. The number of rotatable bonds is 6. The Morgan fingerprint density at radius 2 is 2.04 bits per heavy atom. The molecule has 0 aliphatic rings. The van der Waals surface area contributed by atoms with Gasteiger partial charge in [-0.3, -0.25) is 10.1 Å². The van der Waals surface area contributed by atoms with Crippen LogP contribution in [0.2, 0.25) is 0 Å². The predicted octanol–water partition coefficient (Wildman–Crippen LogP) is 4.15. The van der Waals surface area contributed by atoms with Crippen LogP contribution in [0, 0.1) is 0 Å². The van der Waals surface area contributed by atoms with Gasteiger partial charge in [-0.2, -0.15) is 0 Å². The van der Waals surface area contributed by atoms with E-state index in [0.29, 0.717) is 5.76 Å². The van der Waals surface area contributed by atoms with E-state index in [1.54, 1.807) is 24.5 Å². The van der Waals surface area contributed by atoms with E-state index in [1.807, 2.05) is 12.1 Å². The maximum absolute atomic E-state index is 11.7. The van der Waals surface area contributed by atoms with Crippen LogP contribution in [0.25, 0.3) is 6.08 Å². The summed E-state index contributed by atoms with van der Waals surface area (Å²) in [6, 6.07) is 11.6. The van der Waals surface area contributed by atoms with E-state index >= 15 is 0 Å². The summed E-state index contributed by atoms with van der Waals surface area (Å²) in [5, 5.41) is 5.85. The molecule has 23 heavy (non-hydrogen) atoms. The van der Waals surface area contributed by atoms with Gasteiger partial charge in [0.05, 0.1) is 6.26 Å². The van der Waals surface area contributed by atoms with Crippen LogP contribution >= 0.6 is 12.2 Å². The number of furan rings is 1. The molecule has 4 nitrogen and oxygen atoms in total. The SMILES string of the molecule is CCCCc1ccc(NC(=S)NC(=O)C=Cc2ccco2)cc1. The highest BCUT2D eigenvalue weighted by Crippen LogP contribution is 2.11. The van der Waals surface area contributed by atoms with Crippen LogP contribution in [0.3, 0.4) is 0 Å². The van der Waals surface area contributed by atoms with E-state index < -0.39 is 0 Å². The van der Waals surface area contributed by atoms with Gasteiger partial charge in [-0.15, -0.1) is 0 Å². The Kier molecular flexibility index (Phi) is 6.56. The Bertz CT molecular complexity index is 661. The summed E-state index contributed by atoms with van der Waals surface area (Å²) in [6.07, 6.45) is 7.95. The van der Waals surface area contributed by atoms with Crippen LogP contribution in [0.15, 0.2) is 53.2 Å². The highest BCUT2D eigenvalue weighted by Gasteiger charge is 2.02. The molecule has 2 rings (SSSR count). The third-order valence-corrected chi connectivity index (χ3v) is 3.41. The maximum Gasteiger partial charge on any atom is 0.250 e. The van der Waals surface area contributed by atoms with Gasteiger partial charge in [0.25, 0.3) is 0 Å². The van der Waals surface area contributed by atoms with Crippen molar-refractivity contribution in [3.8, 4) is 0 Å². The Hall–Kier alpha value is -2.40. The number of aryl methyl sites for hydroxylation is 1. The first-order chi connectivity index (χ1) is 11.2. The quantitative estimate of drug-likeness (QED) is 0.618. The third kappa shape index (κ3) is 6.08. The standard InChI is InChI=1S/C18H20N2O2S/c1-2-3-5-14-7-9-15(10-8-14)19-18(23)20-17(21)12-11-16-6-4-13-22-16/h4,6-13H,2-3,5H2,1H3,(H2,19,20,21,23). The molecule has 5 heteroatoms. The highest BCUT2D eigenvalue weighted by atomic mass is 32.1. The molecule has 0 atom stereocenters. The van der Waals surface area contributed by atoms with Crippen molar-refractivity contribution in [3.05, 3.63) is 60.1 Å². The number of amides is 1. The van der Waals surface area contributed by atoms with Gasteiger partial charge in [-0.1, -0.05) is 25.5 Å². The number of benzene rings is 1.